The van der Waals surface area contributed by atoms with Gasteiger partial charge in [-0.1, -0.05) is 19.3 Å². The second kappa shape index (κ2) is 8.32. The number of rotatable bonds is 6. The summed E-state index contributed by atoms with van der Waals surface area (Å²) < 4.78 is 1.70. The Balaban J connectivity index is 1.55. The van der Waals surface area contributed by atoms with Crippen molar-refractivity contribution in [3.63, 3.8) is 0 Å². The van der Waals surface area contributed by atoms with Crippen molar-refractivity contribution in [2.24, 2.45) is 7.05 Å². The number of nitrogens with one attached hydrogen (secondary N) is 2. The van der Waals surface area contributed by atoms with Crippen LogP contribution in [0.3, 0.4) is 0 Å². The van der Waals surface area contributed by atoms with E-state index < -0.39 is 0 Å². The second-order valence-corrected chi connectivity index (χ2v) is 7.08. The number of carbonyl (C=O) groups excluding carboxylic acids is 1. The standard InChI is InChI=1S/C15H26N4OS/c1-12-14(11-19(2)18-12)17-15(20)16-9-6-10-21-13-7-4-3-5-8-13/h11,13H,3-10H2,1-2H3,(H2,16,17,20). The first-order valence-corrected chi connectivity index (χ1v) is 8.87. The minimum Gasteiger partial charge on any atom is -0.338 e. The van der Waals surface area contributed by atoms with Crippen LogP contribution in [0.5, 0.6) is 0 Å². The zero-order valence-electron chi connectivity index (χ0n) is 13.0. The van der Waals surface area contributed by atoms with Crippen LogP contribution in [0, 0.1) is 6.92 Å². The zero-order chi connectivity index (χ0) is 15.1. The average Bonchev–Trinajstić information content (AvgIpc) is 2.77. The van der Waals surface area contributed by atoms with Crippen LogP contribution in [-0.2, 0) is 7.05 Å². The van der Waals surface area contributed by atoms with Gasteiger partial charge in [0, 0.05) is 25.0 Å². The Morgan fingerprint density at radius 2 is 2.19 bits per heavy atom. The lowest BCUT2D eigenvalue weighted by Gasteiger charge is -2.20. The van der Waals surface area contributed by atoms with Gasteiger partial charge < -0.3 is 10.6 Å². The van der Waals surface area contributed by atoms with Crippen molar-refractivity contribution < 1.29 is 4.79 Å². The highest BCUT2D eigenvalue weighted by atomic mass is 32.2. The smallest absolute Gasteiger partial charge is 0.319 e. The highest BCUT2D eigenvalue weighted by Crippen LogP contribution is 2.28. The first-order valence-electron chi connectivity index (χ1n) is 7.82. The number of amides is 2. The van der Waals surface area contributed by atoms with Crippen molar-refractivity contribution in [1.82, 2.24) is 15.1 Å². The van der Waals surface area contributed by atoms with Crippen molar-refractivity contribution in [3.8, 4) is 0 Å². The molecule has 1 saturated carbocycles. The third-order valence-corrected chi connectivity index (χ3v) is 5.24. The van der Waals surface area contributed by atoms with Gasteiger partial charge in [-0.15, -0.1) is 0 Å². The number of anilines is 1. The summed E-state index contributed by atoms with van der Waals surface area (Å²) in [7, 11) is 1.85. The van der Waals surface area contributed by atoms with E-state index in [2.05, 4.69) is 27.5 Å². The fraction of sp³-hybridized carbons (Fsp3) is 0.733. The van der Waals surface area contributed by atoms with E-state index in [-0.39, 0.29) is 6.03 Å². The molecule has 0 spiro atoms. The van der Waals surface area contributed by atoms with Crippen molar-refractivity contribution in [2.75, 3.05) is 17.6 Å². The van der Waals surface area contributed by atoms with Crippen LogP contribution in [-0.4, -0.2) is 33.4 Å². The molecule has 1 aromatic rings. The topological polar surface area (TPSA) is 59.0 Å². The molecule has 5 nitrogen and oxygen atoms in total. The van der Waals surface area contributed by atoms with Crippen molar-refractivity contribution >= 4 is 23.5 Å². The van der Waals surface area contributed by atoms with Gasteiger partial charge in [0.15, 0.2) is 0 Å². The summed E-state index contributed by atoms with van der Waals surface area (Å²) in [6, 6.07) is -0.145. The van der Waals surface area contributed by atoms with E-state index in [0.29, 0.717) is 0 Å². The molecule has 1 heterocycles. The normalized spacial score (nSPS) is 15.9. The number of hydrogen-bond acceptors (Lipinski definition) is 3. The molecule has 1 aliphatic carbocycles. The monoisotopic (exact) mass is 310 g/mol. The lowest BCUT2D eigenvalue weighted by Crippen LogP contribution is -2.30. The molecule has 0 saturated heterocycles. The second-order valence-electron chi connectivity index (χ2n) is 5.67. The molecule has 6 heteroatoms. The van der Waals surface area contributed by atoms with E-state index in [0.717, 1.165) is 35.3 Å². The molecule has 1 fully saturated rings. The lowest BCUT2D eigenvalue weighted by atomic mass is 10.0. The largest absolute Gasteiger partial charge is 0.338 e. The summed E-state index contributed by atoms with van der Waals surface area (Å²) in [5.74, 6) is 1.14. The maximum absolute atomic E-state index is 11.8. The van der Waals surface area contributed by atoms with Gasteiger partial charge in [0.25, 0.3) is 0 Å². The van der Waals surface area contributed by atoms with Crippen LogP contribution in [0.15, 0.2) is 6.20 Å². The highest BCUT2D eigenvalue weighted by Gasteiger charge is 2.13. The maximum Gasteiger partial charge on any atom is 0.319 e. The Kier molecular flexibility index (Phi) is 6.42. The van der Waals surface area contributed by atoms with Crippen LogP contribution in [0.1, 0.15) is 44.2 Å². The molecule has 21 heavy (non-hydrogen) atoms. The molecule has 2 rings (SSSR count). The Morgan fingerprint density at radius 3 is 2.86 bits per heavy atom. The minimum atomic E-state index is -0.145. The SMILES string of the molecule is Cc1nn(C)cc1NC(=O)NCCCSC1CCCCC1. The van der Waals surface area contributed by atoms with Gasteiger partial charge in [0.2, 0.25) is 0 Å². The molecule has 0 radical (unpaired) electrons. The van der Waals surface area contributed by atoms with E-state index in [1.165, 1.54) is 32.1 Å². The van der Waals surface area contributed by atoms with E-state index >= 15 is 0 Å². The van der Waals surface area contributed by atoms with Crippen molar-refractivity contribution in [2.45, 2.75) is 50.7 Å². The molecule has 0 atom stereocenters. The third-order valence-electron chi connectivity index (χ3n) is 3.77. The highest BCUT2D eigenvalue weighted by molar-refractivity contribution is 7.99. The molecule has 0 aromatic carbocycles. The Morgan fingerprint density at radius 1 is 1.43 bits per heavy atom. The van der Waals surface area contributed by atoms with Crippen LogP contribution in [0.4, 0.5) is 10.5 Å². The molecular formula is C15H26N4OS. The average molecular weight is 310 g/mol. The van der Waals surface area contributed by atoms with Crippen molar-refractivity contribution in [3.05, 3.63) is 11.9 Å². The molecule has 0 bridgehead atoms. The molecule has 0 unspecified atom stereocenters. The van der Waals surface area contributed by atoms with E-state index in [1.807, 2.05) is 20.2 Å². The summed E-state index contributed by atoms with van der Waals surface area (Å²) in [4.78, 5) is 11.8. The van der Waals surface area contributed by atoms with Crippen molar-refractivity contribution in [1.29, 1.82) is 0 Å². The Bertz CT molecular complexity index is 455. The number of aryl methyl sites for hydroxylation is 2. The number of carbonyl (C=O) groups is 1. The number of thioether (sulfide) groups is 1. The lowest BCUT2D eigenvalue weighted by molar-refractivity contribution is 0.252. The molecule has 2 N–H and O–H groups in total. The molecule has 1 aliphatic rings. The van der Waals surface area contributed by atoms with Crippen LogP contribution in [0.25, 0.3) is 0 Å². The summed E-state index contributed by atoms with van der Waals surface area (Å²) >= 11 is 2.07. The Labute approximate surface area is 131 Å². The number of aromatic nitrogens is 2. The first-order chi connectivity index (χ1) is 10.1. The van der Waals surface area contributed by atoms with E-state index in [1.54, 1.807) is 4.68 Å². The van der Waals surface area contributed by atoms with Gasteiger partial charge in [-0.25, -0.2) is 4.79 Å². The number of hydrogen-bond donors (Lipinski definition) is 2. The molecule has 2 amide bonds. The summed E-state index contributed by atoms with van der Waals surface area (Å²) in [6.07, 6.45) is 9.78. The molecule has 0 aliphatic heterocycles. The van der Waals surface area contributed by atoms with Gasteiger partial charge in [0.1, 0.15) is 0 Å². The predicted molar refractivity (Wildman–Crippen MR) is 88.9 cm³/mol. The molecule has 118 valence electrons. The number of nitrogens with zero attached hydrogens (tertiary/aromatic N) is 2. The number of urea groups is 1. The van der Waals surface area contributed by atoms with E-state index in [9.17, 15) is 4.79 Å². The Hall–Kier alpha value is -1.17. The van der Waals surface area contributed by atoms with E-state index in [4.69, 9.17) is 0 Å². The summed E-state index contributed by atoms with van der Waals surface area (Å²) in [6.45, 7) is 2.61. The van der Waals surface area contributed by atoms with Gasteiger partial charge in [-0.3, -0.25) is 4.68 Å². The molecular weight excluding hydrogens is 284 g/mol. The maximum atomic E-state index is 11.8. The van der Waals surface area contributed by atoms with Crippen LogP contribution in [0.2, 0.25) is 0 Å². The molecule has 1 aromatic heterocycles. The van der Waals surface area contributed by atoms with Crippen LogP contribution < -0.4 is 10.6 Å². The van der Waals surface area contributed by atoms with Crippen LogP contribution >= 0.6 is 11.8 Å². The predicted octanol–water partition coefficient (Wildman–Crippen LogP) is 3.31. The van der Waals surface area contributed by atoms with Gasteiger partial charge >= 0.3 is 6.03 Å². The summed E-state index contributed by atoms with van der Waals surface area (Å²) in [5.41, 5.74) is 1.60. The van der Waals surface area contributed by atoms with Gasteiger partial charge in [-0.2, -0.15) is 16.9 Å². The fourth-order valence-corrected chi connectivity index (χ4v) is 3.96. The quantitative estimate of drug-likeness (QED) is 0.793. The minimum absolute atomic E-state index is 0.145. The van der Waals surface area contributed by atoms with Gasteiger partial charge in [0.05, 0.1) is 11.4 Å². The summed E-state index contributed by atoms with van der Waals surface area (Å²) in [5, 5.41) is 10.8. The first kappa shape index (κ1) is 16.2. The van der Waals surface area contributed by atoms with Gasteiger partial charge in [-0.05, 0) is 31.9 Å². The fourth-order valence-electron chi connectivity index (χ4n) is 2.64. The third kappa shape index (κ3) is 5.61. The zero-order valence-corrected chi connectivity index (χ0v) is 13.8.